The van der Waals surface area contributed by atoms with Crippen LogP contribution in [0.3, 0.4) is 0 Å². The summed E-state index contributed by atoms with van der Waals surface area (Å²) in [5.74, 6) is 0.624. The standard InChI is InChI=1S/C22H28ClFN2O2/c1-2-4-19-15-10-16(20-5-3-6-21(27)26(19)20)13-25(12-15)22(28)9-14-7-17(23)11-18(24)8-14/h7-8,11,15-16,19-20H,2-6,9-10,12-13H2,1H3/t15-,16+,19-,20-/m0/s1. The molecule has 152 valence electrons. The predicted molar refractivity (Wildman–Crippen MR) is 106 cm³/mol. The number of carbonyl (C=O) groups is 2. The van der Waals surface area contributed by atoms with Crippen LogP contribution in [-0.2, 0) is 16.0 Å². The quantitative estimate of drug-likeness (QED) is 0.756. The van der Waals surface area contributed by atoms with Gasteiger partial charge in [0.1, 0.15) is 5.82 Å². The van der Waals surface area contributed by atoms with Crippen molar-refractivity contribution in [3.8, 4) is 0 Å². The number of nitrogens with zero attached hydrogens (tertiary/aromatic N) is 2. The van der Waals surface area contributed by atoms with E-state index in [1.807, 2.05) is 4.90 Å². The molecule has 2 bridgehead atoms. The summed E-state index contributed by atoms with van der Waals surface area (Å²) in [6, 6.07) is 4.82. The Hall–Kier alpha value is -1.62. The lowest BCUT2D eigenvalue weighted by molar-refractivity contribution is -0.156. The van der Waals surface area contributed by atoms with Gasteiger partial charge in [-0.05, 0) is 61.3 Å². The number of piperidine rings is 3. The number of benzene rings is 1. The molecule has 0 spiro atoms. The van der Waals surface area contributed by atoms with Gasteiger partial charge in [0.25, 0.3) is 0 Å². The van der Waals surface area contributed by atoms with Crippen LogP contribution in [0.2, 0.25) is 5.02 Å². The third kappa shape index (κ3) is 3.78. The molecule has 4 atom stereocenters. The van der Waals surface area contributed by atoms with Crippen molar-refractivity contribution in [1.82, 2.24) is 9.80 Å². The van der Waals surface area contributed by atoms with Crippen LogP contribution in [0.25, 0.3) is 0 Å². The molecular formula is C22H28ClFN2O2. The predicted octanol–water partition coefficient (Wildman–Crippen LogP) is 4.05. The molecule has 3 aliphatic rings. The van der Waals surface area contributed by atoms with E-state index < -0.39 is 5.82 Å². The number of carbonyl (C=O) groups excluding carboxylic acids is 2. The molecule has 0 aromatic heterocycles. The number of rotatable bonds is 4. The highest BCUT2D eigenvalue weighted by molar-refractivity contribution is 6.30. The molecule has 0 saturated carbocycles. The number of hydrogen-bond acceptors (Lipinski definition) is 2. The smallest absolute Gasteiger partial charge is 0.227 e. The van der Waals surface area contributed by atoms with Gasteiger partial charge in [0.2, 0.25) is 11.8 Å². The summed E-state index contributed by atoms with van der Waals surface area (Å²) in [6.07, 6.45) is 5.98. The summed E-state index contributed by atoms with van der Waals surface area (Å²) < 4.78 is 13.6. The monoisotopic (exact) mass is 406 g/mol. The molecule has 0 N–H and O–H groups in total. The lowest BCUT2D eigenvalue weighted by Crippen LogP contribution is -2.65. The van der Waals surface area contributed by atoms with E-state index in [9.17, 15) is 14.0 Å². The van der Waals surface area contributed by atoms with Gasteiger partial charge in [-0.2, -0.15) is 0 Å². The molecule has 4 nitrogen and oxygen atoms in total. The summed E-state index contributed by atoms with van der Waals surface area (Å²) in [4.78, 5) is 29.8. The fourth-order valence-corrected chi connectivity index (χ4v) is 5.89. The second kappa shape index (κ2) is 8.02. The molecule has 6 heteroatoms. The Kier molecular flexibility index (Phi) is 5.64. The SMILES string of the molecule is CCC[C@H]1[C@H]2C[C@H](CN(C(=O)Cc3cc(F)cc(Cl)c3)C2)[C@@H]2CCCC(=O)N21. The van der Waals surface area contributed by atoms with Crippen molar-refractivity contribution in [2.45, 2.75) is 64.0 Å². The summed E-state index contributed by atoms with van der Waals surface area (Å²) in [5.41, 5.74) is 0.616. The number of hydrogen-bond donors (Lipinski definition) is 0. The van der Waals surface area contributed by atoms with Gasteiger partial charge in [-0.15, -0.1) is 0 Å². The summed E-state index contributed by atoms with van der Waals surface area (Å²) in [5, 5.41) is 0.317. The molecule has 3 heterocycles. The zero-order valence-electron chi connectivity index (χ0n) is 16.4. The van der Waals surface area contributed by atoms with Gasteiger partial charge < -0.3 is 9.80 Å². The molecular weight excluding hydrogens is 379 g/mol. The first-order valence-corrected chi connectivity index (χ1v) is 10.9. The highest BCUT2D eigenvalue weighted by Gasteiger charge is 2.49. The number of likely N-dealkylation sites (tertiary alicyclic amines) is 1. The van der Waals surface area contributed by atoms with Gasteiger partial charge in [0, 0.05) is 36.6 Å². The molecule has 0 radical (unpaired) electrons. The van der Waals surface area contributed by atoms with Crippen LogP contribution >= 0.6 is 11.6 Å². The van der Waals surface area contributed by atoms with Gasteiger partial charge >= 0.3 is 0 Å². The minimum atomic E-state index is -0.412. The van der Waals surface area contributed by atoms with Crippen LogP contribution in [0.5, 0.6) is 0 Å². The van der Waals surface area contributed by atoms with E-state index in [2.05, 4.69) is 11.8 Å². The lowest BCUT2D eigenvalue weighted by atomic mass is 9.71. The molecule has 28 heavy (non-hydrogen) atoms. The maximum absolute atomic E-state index is 13.6. The van der Waals surface area contributed by atoms with E-state index >= 15 is 0 Å². The number of amides is 2. The number of halogens is 2. The van der Waals surface area contributed by atoms with Crippen LogP contribution < -0.4 is 0 Å². The maximum atomic E-state index is 13.6. The van der Waals surface area contributed by atoms with Crippen molar-refractivity contribution < 1.29 is 14.0 Å². The van der Waals surface area contributed by atoms with Crippen molar-refractivity contribution in [2.75, 3.05) is 13.1 Å². The highest BCUT2D eigenvalue weighted by atomic mass is 35.5. The zero-order valence-corrected chi connectivity index (χ0v) is 17.1. The first kappa shape index (κ1) is 19.7. The molecule has 1 aromatic rings. The Morgan fingerprint density at radius 1 is 1.25 bits per heavy atom. The van der Waals surface area contributed by atoms with Gasteiger partial charge in [-0.3, -0.25) is 9.59 Å². The maximum Gasteiger partial charge on any atom is 0.227 e. The summed E-state index contributed by atoms with van der Waals surface area (Å²) in [7, 11) is 0. The van der Waals surface area contributed by atoms with Gasteiger partial charge in [0.15, 0.2) is 0 Å². The van der Waals surface area contributed by atoms with Crippen molar-refractivity contribution in [2.24, 2.45) is 11.8 Å². The molecule has 1 aromatic carbocycles. The van der Waals surface area contributed by atoms with Crippen LogP contribution in [-0.4, -0.2) is 46.8 Å². The van der Waals surface area contributed by atoms with Crippen molar-refractivity contribution in [3.05, 3.63) is 34.6 Å². The fourth-order valence-electron chi connectivity index (χ4n) is 5.65. The molecule has 3 saturated heterocycles. The van der Waals surface area contributed by atoms with E-state index in [1.165, 1.54) is 12.1 Å². The summed E-state index contributed by atoms with van der Waals surface area (Å²) in [6.45, 7) is 3.56. The number of fused-ring (bicyclic) bond motifs is 4. The lowest BCUT2D eigenvalue weighted by Gasteiger charge is -2.56. The van der Waals surface area contributed by atoms with Gasteiger partial charge in [-0.1, -0.05) is 24.9 Å². The Bertz CT molecular complexity index is 751. The molecule has 4 rings (SSSR count). The largest absolute Gasteiger partial charge is 0.342 e. The van der Waals surface area contributed by atoms with Gasteiger partial charge in [-0.25, -0.2) is 4.39 Å². The molecule has 3 aliphatic heterocycles. The van der Waals surface area contributed by atoms with E-state index in [-0.39, 0.29) is 24.4 Å². The zero-order chi connectivity index (χ0) is 19.8. The minimum Gasteiger partial charge on any atom is -0.342 e. The topological polar surface area (TPSA) is 40.6 Å². The Morgan fingerprint density at radius 3 is 2.79 bits per heavy atom. The van der Waals surface area contributed by atoms with E-state index in [1.54, 1.807) is 6.07 Å². The minimum absolute atomic E-state index is 0.0298. The molecule has 2 amide bonds. The Labute approximate surface area is 171 Å². The van der Waals surface area contributed by atoms with Crippen molar-refractivity contribution in [1.29, 1.82) is 0 Å². The van der Waals surface area contributed by atoms with Crippen LogP contribution in [0.4, 0.5) is 4.39 Å². The average molecular weight is 407 g/mol. The second-order valence-corrected chi connectivity index (χ2v) is 9.06. The van der Waals surface area contributed by atoms with Crippen LogP contribution in [0, 0.1) is 17.7 Å². The third-order valence-corrected chi connectivity index (χ3v) is 6.93. The molecule has 3 fully saturated rings. The summed E-state index contributed by atoms with van der Waals surface area (Å²) >= 11 is 5.94. The first-order valence-electron chi connectivity index (χ1n) is 10.5. The first-order chi connectivity index (χ1) is 13.5. The van der Waals surface area contributed by atoms with Crippen molar-refractivity contribution in [3.63, 3.8) is 0 Å². The third-order valence-electron chi connectivity index (χ3n) is 6.71. The normalized spacial score (nSPS) is 29.6. The van der Waals surface area contributed by atoms with Crippen molar-refractivity contribution >= 4 is 23.4 Å². The van der Waals surface area contributed by atoms with E-state index in [4.69, 9.17) is 11.6 Å². The van der Waals surface area contributed by atoms with Gasteiger partial charge in [0.05, 0.1) is 6.42 Å². The molecule has 0 aliphatic carbocycles. The van der Waals surface area contributed by atoms with E-state index in [0.29, 0.717) is 47.8 Å². The van der Waals surface area contributed by atoms with Crippen LogP contribution in [0.1, 0.15) is 51.0 Å². The second-order valence-electron chi connectivity index (χ2n) is 8.63. The Balaban J connectivity index is 1.52. The highest BCUT2D eigenvalue weighted by Crippen LogP contribution is 2.43. The molecule has 0 unspecified atom stereocenters. The fraction of sp³-hybridized carbons (Fsp3) is 0.636. The Morgan fingerprint density at radius 2 is 2.04 bits per heavy atom. The average Bonchev–Trinajstić information content (AvgIpc) is 2.64. The van der Waals surface area contributed by atoms with E-state index in [0.717, 1.165) is 32.1 Å². The van der Waals surface area contributed by atoms with Crippen LogP contribution in [0.15, 0.2) is 18.2 Å².